The molecule has 0 aromatic heterocycles. The second-order valence-corrected chi connectivity index (χ2v) is 11.8. The molecular formula is C32H50O2. The van der Waals surface area contributed by atoms with Gasteiger partial charge in [0.25, 0.3) is 0 Å². The molecule has 1 heterocycles. The van der Waals surface area contributed by atoms with Crippen molar-refractivity contribution in [2.24, 2.45) is 29.1 Å². The number of hydrogen-bond acceptors (Lipinski definition) is 2. The van der Waals surface area contributed by atoms with E-state index >= 15 is 0 Å². The summed E-state index contributed by atoms with van der Waals surface area (Å²) in [6.45, 7) is 16.2. The highest BCUT2D eigenvalue weighted by Crippen LogP contribution is 2.56. The van der Waals surface area contributed by atoms with E-state index in [1.54, 1.807) is 17.7 Å². The number of hydrogen-bond donors (Lipinski definition) is 1. The van der Waals surface area contributed by atoms with Crippen LogP contribution in [0.3, 0.4) is 0 Å². The zero-order valence-corrected chi connectivity index (χ0v) is 23.0. The standard InChI is InChI=1S/C30H44O2.C2H6/c1-21(8-6-17-29(4)19-16-24-20-25(31)12-15-28(24)32-29)10-13-26-23(3)11-14-27-22(2)9-7-18-30(26,27)5;1-2/h11-12,15-16,19-22,26-27,31H,6-10,13-14,17-18H2,1-5H3;1-2H3/t21-,22?,26?,27?,29?,30-;/m1./s1. The third-order valence-electron chi connectivity index (χ3n) is 9.22. The monoisotopic (exact) mass is 466 g/mol. The maximum atomic E-state index is 9.68. The van der Waals surface area contributed by atoms with Gasteiger partial charge < -0.3 is 9.84 Å². The van der Waals surface area contributed by atoms with E-state index in [9.17, 15) is 5.11 Å². The van der Waals surface area contributed by atoms with Crippen LogP contribution in [0, 0.1) is 29.1 Å². The average Bonchev–Trinajstić information content (AvgIpc) is 2.80. The number of ether oxygens (including phenoxy) is 1. The third kappa shape index (κ3) is 5.92. The number of allylic oxidation sites excluding steroid dienone is 2. The molecule has 2 aliphatic carbocycles. The molecule has 6 atom stereocenters. The van der Waals surface area contributed by atoms with Crippen molar-refractivity contribution in [1.29, 1.82) is 0 Å². The molecule has 4 rings (SSSR count). The Morgan fingerprint density at radius 2 is 1.94 bits per heavy atom. The van der Waals surface area contributed by atoms with Crippen molar-refractivity contribution in [3.63, 3.8) is 0 Å². The van der Waals surface area contributed by atoms with Crippen molar-refractivity contribution in [3.8, 4) is 11.5 Å². The highest BCUT2D eigenvalue weighted by Gasteiger charge is 2.47. The molecule has 3 aliphatic rings. The molecule has 2 heteroatoms. The summed E-state index contributed by atoms with van der Waals surface area (Å²) >= 11 is 0. The summed E-state index contributed by atoms with van der Waals surface area (Å²) in [4.78, 5) is 0. The van der Waals surface area contributed by atoms with E-state index < -0.39 is 0 Å². The Bertz CT molecular complexity index is 868. The molecule has 4 unspecified atom stereocenters. The van der Waals surface area contributed by atoms with Crippen LogP contribution >= 0.6 is 0 Å². The van der Waals surface area contributed by atoms with Crippen molar-refractivity contribution in [3.05, 3.63) is 41.5 Å². The summed E-state index contributed by atoms with van der Waals surface area (Å²) < 4.78 is 6.30. The maximum absolute atomic E-state index is 9.68. The molecule has 190 valence electrons. The topological polar surface area (TPSA) is 29.5 Å². The summed E-state index contributed by atoms with van der Waals surface area (Å²) in [5.74, 6) is 4.48. The van der Waals surface area contributed by atoms with Gasteiger partial charge in [-0.1, -0.05) is 78.0 Å². The molecule has 1 aliphatic heterocycles. The van der Waals surface area contributed by atoms with Gasteiger partial charge in [-0.25, -0.2) is 0 Å². The van der Waals surface area contributed by atoms with E-state index in [4.69, 9.17) is 4.74 Å². The lowest BCUT2D eigenvalue weighted by atomic mass is 9.52. The van der Waals surface area contributed by atoms with E-state index in [1.165, 1.54) is 51.4 Å². The van der Waals surface area contributed by atoms with Gasteiger partial charge in [-0.05, 0) is 99.3 Å². The van der Waals surface area contributed by atoms with E-state index in [-0.39, 0.29) is 5.60 Å². The highest BCUT2D eigenvalue weighted by atomic mass is 16.5. The Hall–Kier alpha value is -1.70. The van der Waals surface area contributed by atoms with E-state index in [0.717, 1.165) is 41.4 Å². The van der Waals surface area contributed by atoms with Crippen molar-refractivity contribution in [2.75, 3.05) is 0 Å². The largest absolute Gasteiger partial charge is 0.508 e. The fraction of sp³-hybridized carbons (Fsp3) is 0.688. The minimum absolute atomic E-state index is 0.245. The van der Waals surface area contributed by atoms with Gasteiger partial charge in [0, 0.05) is 5.56 Å². The van der Waals surface area contributed by atoms with Crippen LogP contribution in [-0.4, -0.2) is 10.7 Å². The number of phenolic OH excluding ortho intramolecular Hbond substituents is 1. The average molecular weight is 467 g/mol. The number of phenols is 1. The minimum atomic E-state index is -0.245. The Labute approximate surface area is 209 Å². The van der Waals surface area contributed by atoms with Gasteiger partial charge in [-0.2, -0.15) is 0 Å². The molecule has 0 bridgehead atoms. The SMILES string of the molecule is CC.CC1=CCC2C(C)CCC[C@]2(C)C1CC[C@H](C)CCCC1(C)C=Cc2cc(O)ccc2O1. The van der Waals surface area contributed by atoms with Crippen LogP contribution in [0.5, 0.6) is 11.5 Å². The van der Waals surface area contributed by atoms with Crippen LogP contribution in [-0.2, 0) is 0 Å². The third-order valence-corrected chi connectivity index (χ3v) is 9.22. The summed E-state index contributed by atoms with van der Waals surface area (Å²) in [7, 11) is 0. The van der Waals surface area contributed by atoms with Crippen molar-refractivity contribution >= 4 is 6.08 Å². The maximum Gasteiger partial charge on any atom is 0.128 e. The van der Waals surface area contributed by atoms with Gasteiger partial charge in [-0.3, -0.25) is 0 Å². The molecule has 34 heavy (non-hydrogen) atoms. The Morgan fingerprint density at radius 1 is 1.18 bits per heavy atom. The molecule has 1 N–H and O–H groups in total. The fourth-order valence-corrected chi connectivity index (χ4v) is 7.15. The summed E-state index contributed by atoms with van der Waals surface area (Å²) in [5.41, 5.74) is 2.91. The number of fused-ring (bicyclic) bond motifs is 2. The molecule has 0 spiro atoms. The number of benzene rings is 1. The van der Waals surface area contributed by atoms with Gasteiger partial charge in [0.05, 0.1) is 0 Å². The van der Waals surface area contributed by atoms with Crippen LogP contribution in [0.2, 0.25) is 0 Å². The van der Waals surface area contributed by atoms with Gasteiger partial charge in [0.15, 0.2) is 0 Å². The Kier molecular flexibility index (Phi) is 8.98. The molecule has 0 amide bonds. The predicted molar refractivity (Wildman–Crippen MR) is 146 cm³/mol. The van der Waals surface area contributed by atoms with Crippen molar-refractivity contribution < 1.29 is 9.84 Å². The summed E-state index contributed by atoms with van der Waals surface area (Å²) in [6, 6.07) is 5.36. The predicted octanol–water partition coefficient (Wildman–Crippen LogP) is 9.58. The van der Waals surface area contributed by atoms with Gasteiger partial charge in [0.1, 0.15) is 17.1 Å². The quantitative estimate of drug-likeness (QED) is 0.405. The van der Waals surface area contributed by atoms with Gasteiger partial charge >= 0.3 is 0 Å². The molecule has 1 saturated carbocycles. The lowest BCUT2D eigenvalue weighted by molar-refractivity contribution is 0.00860. The highest BCUT2D eigenvalue weighted by molar-refractivity contribution is 5.62. The number of rotatable bonds is 7. The van der Waals surface area contributed by atoms with E-state index in [0.29, 0.717) is 11.2 Å². The molecule has 2 nitrogen and oxygen atoms in total. The second-order valence-electron chi connectivity index (χ2n) is 11.8. The lowest BCUT2D eigenvalue weighted by Crippen LogP contribution is -2.44. The first-order valence-electron chi connectivity index (χ1n) is 14.1. The molecule has 1 aromatic rings. The van der Waals surface area contributed by atoms with Crippen molar-refractivity contribution in [1.82, 2.24) is 0 Å². The van der Waals surface area contributed by atoms with Crippen LogP contribution in [0.4, 0.5) is 0 Å². The zero-order chi connectivity index (χ0) is 24.9. The minimum Gasteiger partial charge on any atom is -0.508 e. The smallest absolute Gasteiger partial charge is 0.128 e. The summed E-state index contributed by atoms with van der Waals surface area (Å²) in [5, 5.41) is 9.68. The molecule has 0 radical (unpaired) electrons. The molecule has 1 aromatic carbocycles. The second kappa shape index (κ2) is 11.4. The fourth-order valence-electron chi connectivity index (χ4n) is 7.15. The van der Waals surface area contributed by atoms with Crippen molar-refractivity contribution in [2.45, 2.75) is 112 Å². The first kappa shape index (κ1) is 26.9. The van der Waals surface area contributed by atoms with Crippen LogP contribution in [0.1, 0.15) is 112 Å². The van der Waals surface area contributed by atoms with Gasteiger partial charge in [-0.15, -0.1) is 0 Å². The van der Waals surface area contributed by atoms with Gasteiger partial charge in [0.2, 0.25) is 0 Å². The Balaban J connectivity index is 0.00000158. The molecular weight excluding hydrogens is 416 g/mol. The number of aromatic hydroxyl groups is 1. The molecule has 1 fully saturated rings. The first-order chi connectivity index (χ1) is 16.2. The molecule has 0 saturated heterocycles. The first-order valence-corrected chi connectivity index (χ1v) is 14.1. The Morgan fingerprint density at radius 3 is 2.71 bits per heavy atom. The van der Waals surface area contributed by atoms with E-state index in [2.05, 4.69) is 52.8 Å². The summed E-state index contributed by atoms with van der Waals surface area (Å²) in [6.07, 6.45) is 18.6. The normalized spacial score (nSPS) is 32.9. The van der Waals surface area contributed by atoms with Crippen LogP contribution in [0.15, 0.2) is 35.9 Å². The zero-order valence-electron chi connectivity index (χ0n) is 23.0. The van der Waals surface area contributed by atoms with Crippen LogP contribution in [0.25, 0.3) is 6.08 Å². The van der Waals surface area contributed by atoms with Crippen LogP contribution < -0.4 is 4.74 Å². The lowest BCUT2D eigenvalue weighted by Gasteiger charge is -2.53. The van der Waals surface area contributed by atoms with E-state index in [1.807, 2.05) is 19.9 Å².